The van der Waals surface area contributed by atoms with Crippen LogP contribution in [0.5, 0.6) is 11.5 Å². The summed E-state index contributed by atoms with van der Waals surface area (Å²) in [5.41, 5.74) is 4.09. The number of fused-ring (bicyclic) bond motifs is 1. The third-order valence-corrected chi connectivity index (χ3v) is 5.77. The second-order valence-electron chi connectivity index (χ2n) is 7.74. The first-order valence-corrected chi connectivity index (χ1v) is 10.7. The first-order valence-electron chi connectivity index (χ1n) is 10.7. The molecule has 0 amide bonds. The summed E-state index contributed by atoms with van der Waals surface area (Å²) in [6, 6.07) is 13.6. The maximum Gasteiger partial charge on any atom is 1.00 e. The first-order chi connectivity index (χ1) is 15.1. The second kappa shape index (κ2) is 11.0. The molecule has 1 aromatic heterocycles. The zero-order valence-electron chi connectivity index (χ0n) is 18.8. The van der Waals surface area contributed by atoms with Gasteiger partial charge in [0.05, 0.1) is 19.4 Å². The van der Waals surface area contributed by atoms with E-state index in [9.17, 15) is 9.90 Å². The molecule has 0 fully saturated rings. The van der Waals surface area contributed by atoms with Crippen molar-refractivity contribution in [3.05, 3.63) is 65.0 Å². The maximum absolute atomic E-state index is 10.9. The normalized spacial score (nSPS) is 14.5. The average Bonchev–Trinajstić information content (AvgIpc) is 3.37. The van der Waals surface area contributed by atoms with Crippen molar-refractivity contribution in [2.45, 2.75) is 44.9 Å². The molecular weight excluding hydrogens is 417 g/mol. The van der Waals surface area contributed by atoms with Crippen molar-refractivity contribution in [3.8, 4) is 23.0 Å². The van der Waals surface area contributed by atoms with Gasteiger partial charge in [-0.15, -0.1) is 0 Å². The SMILES string of the molecule is CCc1oc(-c2ccc(OC)cc2)nc1CCOc1ccc2c(c1)CC[C@@H]2CC(=O)[O-].[Na+]. The second-order valence-corrected chi connectivity index (χ2v) is 7.74. The largest absolute Gasteiger partial charge is 1.00 e. The fourth-order valence-corrected chi connectivity index (χ4v) is 4.16. The Hall–Kier alpha value is -2.28. The Bertz CT molecular complexity index is 1060. The monoisotopic (exact) mass is 443 g/mol. The van der Waals surface area contributed by atoms with Crippen molar-refractivity contribution in [3.63, 3.8) is 0 Å². The molecule has 1 heterocycles. The number of aromatic nitrogens is 1. The number of aryl methyl sites for hydroxylation is 2. The Balaban J connectivity index is 0.00000289. The van der Waals surface area contributed by atoms with Crippen LogP contribution in [-0.2, 0) is 24.1 Å². The van der Waals surface area contributed by atoms with E-state index >= 15 is 0 Å². The molecule has 0 saturated carbocycles. The standard InChI is InChI=1S/C25H27NO5.Na/c1-3-23-22(26-25(31-23)16-6-8-19(29-2)9-7-16)12-13-30-20-10-11-21-17(14-20)4-5-18(21)15-24(27)28;/h6-11,14,18H,3-5,12-13,15H2,1-2H3,(H,27,28);/q;+1/p-1/t18-;/m1./s1. The number of oxazole rings is 1. The Morgan fingerprint density at radius 2 is 1.94 bits per heavy atom. The Kier molecular flexibility index (Phi) is 8.40. The van der Waals surface area contributed by atoms with Gasteiger partial charge >= 0.3 is 29.6 Å². The molecule has 0 N–H and O–H groups in total. The van der Waals surface area contributed by atoms with E-state index in [0.29, 0.717) is 18.9 Å². The number of carboxylic acid groups (broad SMARTS) is 1. The van der Waals surface area contributed by atoms with E-state index in [-0.39, 0.29) is 41.9 Å². The summed E-state index contributed by atoms with van der Waals surface area (Å²) in [5.74, 6) is 2.11. The number of ether oxygens (including phenoxy) is 2. The van der Waals surface area contributed by atoms with E-state index in [2.05, 4.69) is 4.98 Å². The van der Waals surface area contributed by atoms with Crippen molar-refractivity contribution >= 4 is 5.97 Å². The molecule has 162 valence electrons. The minimum Gasteiger partial charge on any atom is -0.550 e. The molecule has 0 spiro atoms. The minimum atomic E-state index is -0.994. The molecule has 0 radical (unpaired) electrons. The van der Waals surface area contributed by atoms with Gasteiger partial charge in [0.15, 0.2) is 0 Å². The molecule has 4 rings (SSSR count). The van der Waals surface area contributed by atoms with Crippen LogP contribution < -0.4 is 44.1 Å². The van der Waals surface area contributed by atoms with Crippen molar-refractivity contribution in [2.24, 2.45) is 0 Å². The number of aliphatic carboxylic acids is 1. The maximum atomic E-state index is 10.9. The summed E-state index contributed by atoms with van der Waals surface area (Å²) in [6.07, 6.45) is 3.21. The molecule has 2 aromatic carbocycles. The van der Waals surface area contributed by atoms with Gasteiger partial charge in [-0.05, 0) is 72.7 Å². The Morgan fingerprint density at radius 1 is 1.19 bits per heavy atom. The van der Waals surface area contributed by atoms with Crippen molar-refractivity contribution in [2.75, 3.05) is 13.7 Å². The molecule has 0 bridgehead atoms. The van der Waals surface area contributed by atoms with Gasteiger partial charge in [-0.25, -0.2) is 4.98 Å². The van der Waals surface area contributed by atoms with E-state index in [1.807, 2.05) is 49.4 Å². The number of benzene rings is 2. The molecule has 1 aliphatic rings. The number of rotatable bonds is 9. The molecule has 7 heteroatoms. The van der Waals surface area contributed by atoms with Gasteiger partial charge in [0.25, 0.3) is 0 Å². The van der Waals surface area contributed by atoms with E-state index in [0.717, 1.165) is 53.3 Å². The topological polar surface area (TPSA) is 84.6 Å². The number of nitrogens with zero attached hydrogens (tertiary/aromatic N) is 1. The van der Waals surface area contributed by atoms with Crippen molar-refractivity contribution in [1.29, 1.82) is 0 Å². The van der Waals surface area contributed by atoms with Gasteiger partial charge in [-0.3, -0.25) is 0 Å². The molecule has 1 aliphatic carbocycles. The van der Waals surface area contributed by atoms with Gasteiger partial charge in [-0.1, -0.05) is 13.0 Å². The predicted octanol–water partition coefficient (Wildman–Crippen LogP) is 0.708. The summed E-state index contributed by atoms with van der Waals surface area (Å²) >= 11 is 0. The fourth-order valence-electron chi connectivity index (χ4n) is 4.16. The Morgan fingerprint density at radius 3 is 2.62 bits per heavy atom. The molecule has 32 heavy (non-hydrogen) atoms. The zero-order chi connectivity index (χ0) is 21.8. The zero-order valence-corrected chi connectivity index (χ0v) is 20.8. The molecule has 6 nitrogen and oxygen atoms in total. The van der Waals surface area contributed by atoms with E-state index in [1.54, 1.807) is 7.11 Å². The van der Waals surface area contributed by atoms with Gasteiger partial charge in [0.1, 0.15) is 17.3 Å². The minimum absolute atomic E-state index is 0. The van der Waals surface area contributed by atoms with Crippen LogP contribution in [0.2, 0.25) is 0 Å². The fraction of sp³-hybridized carbons (Fsp3) is 0.360. The number of hydrogen-bond acceptors (Lipinski definition) is 6. The van der Waals surface area contributed by atoms with Gasteiger partial charge < -0.3 is 23.8 Å². The number of carbonyl (C=O) groups excluding carboxylic acids is 1. The quantitative estimate of drug-likeness (QED) is 0.453. The molecule has 3 aromatic rings. The third-order valence-electron chi connectivity index (χ3n) is 5.77. The van der Waals surface area contributed by atoms with Crippen LogP contribution in [-0.4, -0.2) is 24.7 Å². The summed E-state index contributed by atoms with van der Waals surface area (Å²) in [5, 5.41) is 10.9. The third kappa shape index (κ3) is 5.55. The van der Waals surface area contributed by atoms with Gasteiger partial charge in [0.2, 0.25) is 5.89 Å². The average molecular weight is 443 g/mol. The van der Waals surface area contributed by atoms with E-state index < -0.39 is 5.97 Å². The van der Waals surface area contributed by atoms with Crippen molar-refractivity contribution in [1.82, 2.24) is 4.98 Å². The van der Waals surface area contributed by atoms with Gasteiger partial charge in [-0.2, -0.15) is 0 Å². The summed E-state index contributed by atoms with van der Waals surface area (Å²) in [7, 11) is 1.64. The van der Waals surface area contributed by atoms with Crippen LogP contribution in [0.15, 0.2) is 46.9 Å². The van der Waals surface area contributed by atoms with Crippen LogP contribution in [0.3, 0.4) is 0 Å². The molecular formula is C25H26NNaO5. The van der Waals surface area contributed by atoms with Crippen molar-refractivity contribution < 1.29 is 53.3 Å². The van der Waals surface area contributed by atoms with Gasteiger partial charge in [0, 0.05) is 24.4 Å². The van der Waals surface area contributed by atoms with E-state index in [1.165, 1.54) is 5.56 Å². The molecule has 1 atom stereocenters. The number of carboxylic acids is 1. The number of methoxy groups -OCH3 is 1. The Labute approximate surface area is 210 Å². The predicted molar refractivity (Wildman–Crippen MR) is 114 cm³/mol. The summed E-state index contributed by atoms with van der Waals surface area (Å²) in [6.45, 7) is 2.54. The first kappa shape index (κ1) is 24.4. The van der Waals surface area contributed by atoms with Crippen LogP contribution in [0.25, 0.3) is 11.5 Å². The van der Waals surface area contributed by atoms with Crippen LogP contribution in [0.4, 0.5) is 0 Å². The van der Waals surface area contributed by atoms with Crippen LogP contribution >= 0.6 is 0 Å². The summed E-state index contributed by atoms with van der Waals surface area (Å²) in [4.78, 5) is 15.6. The smallest absolute Gasteiger partial charge is 0.550 e. The molecule has 0 saturated heterocycles. The van der Waals surface area contributed by atoms with Crippen LogP contribution in [0.1, 0.15) is 48.3 Å². The molecule has 0 unspecified atom stereocenters. The number of hydrogen-bond donors (Lipinski definition) is 0. The summed E-state index contributed by atoms with van der Waals surface area (Å²) < 4.78 is 17.1. The molecule has 0 aliphatic heterocycles. The number of carbonyl (C=O) groups is 1. The van der Waals surface area contributed by atoms with Crippen LogP contribution in [0, 0.1) is 0 Å². The van der Waals surface area contributed by atoms with E-state index in [4.69, 9.17) is 13.9 Å².